The third-order valence-corrected chi connectivity index (χ3v) is 0. The first-order valence-electron chi connectivity index (χ1n) is 0.447. The second-order valence-electron chi connectivity index (χ2n) is 0. The molecule has 0 rings (SSSR count). The molecule has 0 atom stereocenters. The second-order valence-corrected chi connectivity index (χ2v) is 0. The summed E-state index contributed by atoms with van der Waals surface area (Å²) in [6.07, 6.45) is 0. The van der Waals surface area contributed by atoms with Gasteiger partial charge in [-0.25, -0.2) is 0 Å². The third-order valence-electron chi connectivity index (χ3n) is 0. The summed E-state index contributed by atoms with van der Waals surface area (Å²) in [5.74, 6) is 0. The van der Waals surface area contributed by atoms with Crippen molar-refractivity contribution in [2.45, 2.75) is 0 Å². The van der Waals surface area contributed by atoms with Crippen molar-refractivity contribution >= 4 is 22.9 Å². The first-order chi connectivity index (χ1) is 1.00. The fraction of sp³-hybridized carbons (Fsp3) is 0. The van der Waals surface area contributed by atoms with E-state index in [9.17, 15) is 0 Å². The molecule has 0 aliphatic carbocycles. The number of halogens is 4. The summed E-state index contributed by atoms with van der Waals surface area (Å²) in [6, 6.07) is 0. The molecular formula is H4Cl4OSnZn2. The third kappa shape index (κ3) is 61.0. The zero-order chi connectivity index (χ0) is 2.00. The van der Waals surface area contributed by atoms with E-state index in [-0.39, 0.29) is 112 Å². The minimum absolute atomic E-state index is 0. The van der Waals surface area contributed by atoms with Crippen molar-refractivity contribution in [3.05, 3.63) is 0 Å². The Balaban J connectivity index is -0.000000000333. The Kier molecular flexibility index (Phi) is 708. The van der Waals surface area contributed by atoms with Gasteiger partial charge in [0.2, 0.25) is 0 Å². The summed E-state index contributed by atoms with van der Waals surface area (Å²) < 4.78 is 7.21. The minimum atomic E-state index is -0.0500. The molecule has 0 amide bonds. The van der Waals surface area contributed by atoms with Crippen LogP contribution in [-0.4, -0.2) is 26.4 Å². The van der Waals surface area contributed by atoms with Crippen LogP contribution in [0.1, 0.15) is 0 Å². The molecule has 0 saturated heterocycles. The Hall–Kier alpha value is 3.17. The summed E-state index contributed by atoms with van der Waals surface area (Å²) in [5.41, 5.74) is 0. The van der Waals surface area contributed by atoms with Crippen LogP contribution in [-0.2, 0) is 39.0 Å². The molecule has 0 aliphatic rings. The van der Waals surface area contributed by atoms with Crippen LogP contribution >= 0.6 is 0 Å². The molecule has 0 aromatic carbocycles. The van der Waals surface area contributed by atoms with Gasteiger partial charge in [0.1, 0.15) is 0 Å². The first kappa shape index (κ1) is 66.5. The molecule has 0 aromatic rings. The van der Waals surface area contributed by atoms with Gasteiger partial charge in [-0.1, -0.05) is 0 Å². The Morgan fingerprint density at radius 2 is 0.625 bits per heavy atom. The minimum Gasteiger partial charge on any atom is 2.00 e. The van der Waals surface area contributed by atoms with E-state index in [2.05, 4.69) is 0 Å². The van der Waals surface area contributed by atoms with Crippen LogP contribution in [0.5, 0.6) is 0 Å². The van der Waals surface area contributed by atoms with Crippen LogP contribution in [0.3, 0.4) is 0 Å². The zero-order valence-electron chi connectivity index (χ0n) is 4.37. The molecule has 1 N–H and O–H groups in total. The fourth-order valence-electron chi connectivity index (χ4n) is 0. The van der Waals surface area contributed by atoms with Crippen molar-refractivity contribution < 1.29 is 92.0 Å². The molecule has 0 heterocycles. The maximum atomic E-state index is 7.21. The molecule has 0 aliphatic heterocycles. The van der Waals surface area contributed by atoms with E-state index in [1.165, 1.54) is 0 Å². The van der Waals surface area contributed by atoms with Crippen LogP contribution in [0.15, 0.2) is 0 Å². The SMILES string of the molecule is [Cl-].[Cl-].[Cl-].[Cl-].[OH][SnH3].[Zn+2].[Zn+2]. The van der Waals surface area contributed by atoms with Crippen molar-refractivity contribution in [2.24, 2.45) is 0 Å². The predicted octanol–water partition coefficient (Wildman–Crippen LogP) is -13.7. The van der Waals surface area contributed by atoms with Gasteiger partial charge in [0.15, 0.2) is 0 Å². The van der Waals surface area contributed by atoms with Crippen molar-refractivity contribution in [1.82, 2.24) is 0 Å². The molecule has 46 valence electrons. The quantitative estimate of drug-likeness (QED) is 0.393. The van der Waals surface area contributed by atoms with Crippen molar-refractivity contribution in [3.8, 4) is 0 Å². The van der Waals surface area contributed by atoms with Gasteiger partial charge in [-0.3, -0.25) is 0 Å². The zero-order valence-corrected chi connectivity index (χ0v) is 19.0. The van der Waals surface area contributed by atoms with Gasteiger partial charge < -0.3 is 49.6 Å². The number of rotatable bonds is 0. The fourth-order valence-corrected chi connectivity index (χ4v) is 0. The van der Waals surface area contributed by atoms with Crippen LogP contribution in [0.2, 0.25) is 0 Å². The van der Waals surface area contributed by atoms with Gasteiger partial charge in [0.25, 0.3) is 0 Å². The van der Waals surface area contributed by atoms with Gasteiger partial charge in [0, 0.05) is 0 Å². The molecule has 0 saturated carbocycles. The van der Waals surface area contributed by atoms with E-state index in [0.717, 1.165) is 0 Å². The molecule has 0 fully saturated rings. The molecule has 8 heavy (non-hydrogen) atoms. The monoisotopic (exact) mass is 408 g/mol. The smallest absolute Gasteiger partial charge is 2.00 e. The predicted molar refractivity (Wildman–Crippen MR) is 12.2 cm³/mol. The molecule has 0 bridgehead atoms. The van der Waals surface area contributed by atoms with Gasteiger partial charge in [-0.05, 0) is 0 Å². The van der Waals surface area contributed by atoms with E-state index in [1.54, 1.807) is 0 Å². The molecule has 0 aromatic heterocycles. The first-order valence-corrected chi connectivity index (χ1v) is 3.00. The second kappa shape index (κ2) is 85.2. The molecule has 8 heteroatoms. The molecule has 0 unspecified atom stereocenters. The average molecular weight is 411 g/mol. The summed E-state index contributed by atoms with van der Waals surface area (Å²) in [6.45, 7) is 0. The maximum Gasteiger partial charge on any atom is 2.00 e. The average Bonchev–Trinajstić information content (AvgIpc) is 1.00. The van der Waals surface area contributed by atoms with Crippen LogP contribution in [0, 0.1) is 0 Å². The molecule has 0 radical (unpaired) electrons. The van der Waals surface area contributed by atoms with Crippen molar-refractivity contribution in [3.63, 3.8) is 0 Å². The largest absolute Gasteiger partial charge is 2.00 e. The van der Waals surface area contributed by atoms with Crippen molar-refractivity contribution in [1.29, 1.82) is 0 Å². The van der Waals surface area contributed by atoms with Gasteiger partial charge in [-0.2, -0.15) is 0 Å². The van der Waals surface area contributed by atoms with E-state index in [4.69, 9.17) is 3.44 Å². The summed E-state index contributed by atoms with van der Waals surface area (Å²) in [7, 11) is 0. The Bertz CT molecular complexity index is 14.0. The molecule has 1 nitrogen and oxygen atoms in total. The van der Waals surface area contributed by atoms with Crippen LogP contribution in [0.25, 0.3) is 0 Å². The molecular weight excluding hydrogens is 407 g/mol. The molecule has 0 spiro atoms. The summed E-state index contributed by atoms with van der Waals surface area (Å²) in [4.78, 5) is 0. The van der Waals surface area contributed by atoms with Crippen LogP contribution in [0.4, 0.5) is 0 Å². The van der Waals surface area contributed by atoms with Crippen LogP contribution < -0.4 is 49.6 Å². The maximum absolute atomic E-state index is 7.21. The number of hydrogen-bond donors (Lipinski definition) is 1. The Morgan fingerprint density at radius 1 is 0.625 bits per heavy atom. The van der Waals surface area contributed by atoms with E-state index in [1.807, 2.05) is 0 Å². The van der Waals surface area contributed by atoms with Gasteiger partial charge in [-0.15, -0.1) is 0 Å². The van der Waals surface area contributed by atoms with Crippen molar-refractivity contribution in [2.75, 3.05) is 0 Å². The number of hydrogen-bond acceptors (Lipinski definition) is 1. The van der Waals surface area contributed by atoms with E-state index in [0.29, 0.717) is 0 Å². The standard InChI is InChI=1S/4ClH.H2O.Sn.2Zn.3H/h4*1H;1H2;;;;;;/q;;;;;+1;2*+2;;;/p-5. The summed E-state index contributed by atoms with van der Waals surface area (Å²) in [5, 5.41) is 0. The Morgan fingerprint density at radius 3 is 0.625 bits per heavy atom. The van der Waals surface area contributed by atoms with E-state index >= 15 is 0 Å². The topological polar surface area (TPSA) is 20.2 Å². The van der Waals surface area contributed by atoms with E-state index < -0.39 is 0 Å². The van der Waals surface area contributed by atoms with Gasteiger partial charge >= 0.3 is 65.3 Å². The van der Waals surface area contributed by atoms with Gasteiger partial charge in [0.05, 0.1) is 0 Å². The Labute approximate surface area is 113 Å². The normalized spacial score (nSPS) is 1.12. The summed E-state index contributed by atoms with van der Waals surface area (Å²) >= 11 is -0.0500.